The second-order valence-corrected chi connectivity index (χ2v) is 8.05. The van der Waals surface area contributed by atoms with Gasteiger partial charge in [0.15, 0.2) is 0 Å². The molecule has 0 radical (unpaired) electrons. The monoisotopic (exact) mass is 331 g/mol. The highest BCUT2D eigenvalue weighted by molar-refractivity contribution is 5.58. The molecule has 2 bridgehead atoms. The number of alkyl halides is 1. The minimum Gasteiger partial charge on any atom is -0.368 e. The molecule has 3 atom stereocenters. The maximum Gasteiger partial charge on any atom is 0.130 e. The van der Waals surface area contributed by atoms with E-state index >= 15 is 0 Å². The zero-order valence-corrected chi connectivity index (χ0v) is 14.3. The number of likely N-dealkylation sites (N-methyl/N-ethyl adjacent to an activating group) is 1. The summed E-state index contributed by atoms with van der Waals surface area (Å²) in [6.07, 6.45) is 4.45. The molecular formula is C18H26FN5. The number of halogens is 1. The Morgan fingerprint density at radius 1 is 1.17 bits per heavy atom. The topological polar surface area (TPSA) is 34.6 Å². The van der Waals surface area contributed by atoms with Crippen LogP contribution in [-0.4, -0.2) is 73.4 Å². The zero-order chi connectivity index (χ0) is 16.3. The molecule has 1 spiro atoms. The van der Waals surface area contributed by atoms with Crippen LogP contribution in [0.5, 0.6) is 0 Å². The molecule has 4 saturated heterocycles. The third-order valence-corrected chi connectivity index (χ3v) is 6.63. The number of likely N-dealkylation sites (tertiary alicyclic amines) is 1. The molecule has 6 heteroatoms. The van der Waals surface area contributed by atoms with Crippen molar-refractivity contribution in [3.05, 3.63) is 18.3 Å². The molecule has 0 aromatic carbocycles. The van der Waals surface area contributed by atoms with Gasteiger partial charge < -0.3 is 15.1 Å². The average Bonchev–Trinajstić information content (AvgIpc) is 3.05. The first-order valence-electron chi connectivity index (χ1n) is 9.21. The molecule has 5 nitrogen and oxygen atoms in total. The van der Waals surface area contributed by atoms with E-state index in [1.165, 1.54) is 18.5 Å². The van der Waals surface area contributed by atoms with Gasteiger partial charge in [0.1, 0.15) is 12.0 Å². The molecule has 130 valence electrons. The standard InChI is InChI=1S/C18H26FN5/c1-22-7-5-16(19)18(22)11-24(12-18)17-8-15(4-6-20-17)23-9-13-2-3-14(10-23)21-13/h4,6,8,13-14,16,21H,2-3,5,7,9-12H2,1H3/t13-,14+,16?. The lowest BCUT2D eigenvalue weighted by Crippen LogP contribution is -2.71. The van der Waals surface area contributed by atoms with Crippen LogP contribution in [0.3, 0.4) is 0 Å². The first-order chi connectivity index (χ1) is 11.6. The molecule has 0 saturated carbocycles. The van der Waals surface area contributed by atoms with Gasteiger partial charge in [-0.2, -0.15) is 0 Å². The number of nitrogens with zero attached hydrogens (tertiary/aromatic N) is 4. The van der Waals surface area contributed by atoms with Crippen LogP contribution in [0.2, 0.25) is 0 Å². The summed E-state index contributed by atoms with van der Waals surface area (Å²) in [5.74, 6) is 0.997. The highest BCUT2D eigenvalue weighted by Gasteiger charge is 2.56. The lowest BCUT2D eigenvalue weighted by molar-refractivity contribution is 0.0678. The van der Waals surface area contributed by atoms with Gasteiger partial charge in [-0.15, -0.1) is 0 Å². The van der Waals surface area contributed by atoms with Gasteiger partial charge in [0, 0.05) is 62.8 Å². The first-order valence-corrected chi connectivity index (χ1v) is 9.21. The van der Waals surface area contributed by atoms with Crippen molar-refractivity contribution in [2.24, 2.45) is 0 Å². The fourth-order valence-electron chi connectivity index (χ4n) is 5.04. The van der Waals surface area contributed by atoms with Crippen molar-refractivity contribution in [2.45, 2.75) is 43.1 Å². The Kier molecular flexibility index (Phi) is 3.29. The minimum atomic E-state index is -0.703. The van der Waals surface area contributed by atoms with Gasteiger partial charge in [0.2, 0.25) is 0 Å². The van der Waals surface area contributed by atoms with Crippen LogP contribution >= 0.6 is 0 Å². The summed E-state index contributed by atoms with van der Waals surface area (Å²) in [4.78, 5) is 11.5. The Bertz CT molecular complexity index is 608. The van der Waals surface area contributed by atoms with E-state index in [-0.39, 0.29) is 5.54 Å². The van der Waals surface area contributed by atoms with E-state index in [9.17, 15) is 4.39 Å². The van der Waals surface area contributed by atoms with Crippen molar-refractivity contribution in [1.29, 1.82) is 0 Å². The van der Waals surface area contributed by atoms with E-state index in [0.29, 0.717) is 18.5 Å². The van der Waals surface area contributed by atoms with E-state index in [4.69, 9.17) is 0 Å². The Morgan fingerprint density at radius 3 is 2.58 bits per heavy atom. The summed E-state index contributed by atoms with van der Waals surface area (Å²) in [5, 5.41) is 3.68. The number of hydrogen-bond donors (Lipinski definition) is 1. The molecule has 5 rings (SSSR count). The number of anilines is 2. The highest BCUT2D eigenvalue weighted by Crippen LogP contribution is 2.41. The number of rotatable bonds is 2. The number of hydrogen-bond acceptors (Lipinski definition) is 5. The molecule has 4 aliphatic rings. The lowest BCUT2D eigenvalue weighted by atomic mass is 9.85. The summed E-state index contributed by atoms with van der Waals surface area (Å²) in [5.41, 5.74) is 0.988. The smallest absolute Gasteiger partial charge is 0.130 e. The number of nitrogens with one attached hydrogen (secondary N) is 1. The minimum absolute atomic E-state index is 0.272. The van der Waals surface area contributed by atoms with Crippen LogP contribution in [0.1, 0.15) is 19.3 Å². The molecule has 1 aromatic heterocycles. The van der Waals surface area contributed by atoms with Gasteiger partial charge in [0.25, 0.3) is 0 Å². The molecule has 1 unspecified atom stereocenters. The Labute approximate surface area is 142 Å². The molecule has 0 aliphatic carbocycles. The van der Waals surface area contributed by atoms with Crippen LogP contribution in [0.4, 0.5) is 15.9 Å². The summed E-state index contributed by atoms with van der Waals surface area (Å²) in [6.45, 7) is 4.55. The number of piperazine rings is 1. The molecule has 4 fully saturated rings. The normalized spacial score (nSPS) is 34.8. The van der Waals surface area contributed by atoms with Crippen molar-refractivity contribution in [3.63, 3.8) is 0 Å². The summed E-state index contributed by atoms with van der Waals surface area (Å²) >= 11 is 0. The predicted octanol–water partition coefficient (Wildman–Crippen LogP) is 1.25. The second-order valence-electron chi connectivity index (χ2n) is 8.05. The first kappa shape index (κ1) is 14.9. The van der Waals surface area contributed by atoms with Crippen LogP contribution in [0.15, 0.2) is 18.3 Å². The van der Waals surface area contributed by atoms with Gasteiger partial charge in [0.05, 0.1) is 5.54 Å². The Morgan fingerprint density at radius 2 is 1.92 bits per heavy atom. The van der Waals surface area contributed by atoms with Crippen LogP contribution < -0.4 is 15.1 Å². The third-order valence-electron chi connectivity index (χ3n) is 6.63. The fourth-order valence-corrected chi connectivity index (χ4v) is 5.04. The highest BCUT2D eigenvalue weighted by atomic mass is 19.1. The third kappa shape index (κ3) is 2.15. The molecule has 4 aliphatic heterocycles. The average molecular weight is 331 g/mol. The van der Waals surface area contributed by atoms with Crippen molar-refractivity contribution < 1.29 is 4.39 Å². The van der Waals surface area contributed by atoms with Gasteiger partial charge in [-0.1, -0.05) is 0 Å². The maximum atomic E-state index is 14.3. The maximum absolute atomic E-state index is 14.3. The van der Waals surface area contributed by atoms with Gasteiger partial charge >= 0.3 is 0 Å². The van der Waals surface area contributed by atoms with E-state index in [1.807, 2.05) is 6.20 Å². The molecule has 1 aromatic rings. The SMILES string of the molecule is CN1CCC(F)C12CN(c1cc(N3C[C@H]4CC[C@@H](C3)N4)ccn1)C2. The lowest BCUT2D eigenvalue weighted by Gasteiger charge is -2.53. The van der Waals surface area contributed by atoms with Gasteiger partial charge in [-0.25, -0.2) is 9.37 Å². The van der Waals surface area contributed by atoms with Gasteiger partial charge in [-0.05, 0) is 32.4 Å². The van der Waals surface area contributed by atoms with Crippen LogP contribution in [0, 0.1) is 0 Å². The van der Waals surface area contributed by atoms with Crippen molar-refractivity contribution in [3.8, 4) is 0 Å². The molecular weight excluding hydrogens is 305 g/mol. The Hall–Kier alpha value is -1.40. The predicted molar refractivity (Wildman–Crippen MR) is 93.5 cm³/mol. The molecule has 5 heterocycles. The van der Waals surface area contributed by atoms with Crippen molar-refractivity contribution in [2.75, 3.05) is 49.6 Å². The van der Waals surface area contributed by atoms with Crippen LogP contribution in [-0.2, 0) is 0 Å². The van der Waals surface area contributed by atoms with E-state index < -0.39 is 6.17 Å². The van der Waals surface area contributed by atoms with Crippen molar-refractivity contribution in [1.82, 2.24) is 15.2 Å². The van der Waals surface area contributed by atoms with E-state index in [1.54, 1.807) is 0 Å². The number of fused-ring (bicyclic) bond motifs is 2. The number of aromatic nitrogens is 1. The molecule has 1 N–H and O–H groups in total. The van der Waals surface area contributed by atoms with E-state index in [2.05, 4.69) is 44.2 Å². The van der Waals surface area contributed by atoms with Gasteiger partial charge in [-0.3, -0.25) is 4.90 Å². The summed E-state index contributed by atoms with van der Waals surface area (Å²) in [6, 6.07) is 5.57. The molecule has 24 heavy (non-hydrogen) atoms. The molecule has 0 amide bonds. The number of pyridine rings is 1. The quantitative estimate of drug-likeness (QED) is 0.882. The second kappa shape index (κ2) is 5.30. The largest absolute Gasteiger partial charge is 0.368 e. The summed E-state index contributed by atoms with van der Waals surface area (Å²) < 4.78 is 14.3. The van der Waals surface area contributed by atoms with Crippen LogP contribution in [0.25, 0.3) is 0 Å². The van der Waals surface area contributed by atoms with E-state index in [0.717, 1.165) is 38.5 Å². The Balaban J connectivity index is 1.32. The van der Waals surface area contributed by atoms with Crippen molar-refractivity contribution >= 4 is 11.5 Å². The fraction of sp³-hybridized carbons (Fsp3) is 0.722. The zero-order valence-electron chi connectivity index (χ0n) is 14.3. The summed E-state index contributed by atoms with van der Waals surface area (Å²) in [7, 11) is 2.05.